The SMILES string of the molecule is CC(C)=CCO[C@@H](C)C(N)=O. The van der Waals surface area contributed by atoms with Crippen LogP contribution in [0.25, 0.3) is 0 Å². The van der Waals surface area contributed by atoms with Crippen LogP contribution in [0.4, 0.5) is 0 Å². The van der Waals surface area contributed by atoms with E-state index in [1.165, 1.54) is 5.57 Å². The molecule has 0 aromatic carbocycles. The van der Waals surface area contributed by atoms with Gasteiger partial charge in [0.1, 0.15) is 6.10 Å². The zero-order valence-electron chi connectivity index (χ0n) is 7.26. The zero-order valence-corrected chi connectivity index (χ0v) is 7.26. The van der Waals surface area contributed by atoms with Crippen LogP contribution in [-0.4, -0.2) is 18.6 Å². The number of primary amides is 1. The Kier molecular flexibility index (Phi) is 4.54. The number of carbonyl (C=O) groups excluding carboxylic acids is 1. The van der Waals surface area contributed by atoms with Crippen LogP contribution in [0.1, 0.15) is 20.8 Å². The Bertz CT molecular complexity index is 159. The molecule has 3 nitrogen and oxygen atoms in total. The van der Waals surface area contributed by atoms with Gasteiger partial charge in [0.15, 0.2) is 0 Å². The van der Waals surface area contributed by atoms with Crippen LogP contribution in [0.2, 0.25) is 0 Å². The van der Waals surface area contributed by atoms with E-state index < -0.39 is 12.0 Å². The number of hydrogen-bond donors (Lipinski definition) is 1. The topological polar surface area (TPSA) is 52.3 Å². The quantitative estimate of drug-likeness (QED) is 0.615. The number of ether oxygens (including phenoxy) is 1. The monoisotopic (exact) mass is 157 g/mol. The molecular weight excluding hydrogens is 142 g/mol. The Morgan fingerprint density at radius 2 is 2.18 bits per heavy atom. The van der Waals surface area contributed by atoms with Crippen LogP contribution >= 0.6 is 0 Å². The fraction of sp³-hybridized carbons (Fsp3) is 0.625. The lowest BCUT2D eigenvalue weighted by Crippen LogP contribution is -2.28. The maximum absolute atomic E-state index is 10.5. The minimum Gasteiger partial charge on any atom is -0.367 e. The third-order valence-corrected chi connectivity index (χ3v) is 1.24. The van der Waals surface area contributed by atoms with Gasteiger partial charge in [0.25, 0.3) is 0 Å². The van der Waals surface area contributed by atoms with Crippen molar-refractivity contribution in [1.29, 1.82) is 0 Å². The number of hydrogen-bond acceptors (Lipinski definition) is 2. The summed E-state index contributed by atoms with van der Waals surface area (Å²) >= 11 is 0. The molecule has 0 fully saturated rings. The molecule has 1 atom stereocenters. The van der Waals surface area contributed by atoms with Gasteiger partial charge in [-0.05, 0) is 20.8 Å². The van der Waals surface area contributed by atoms with E-state index in [0.29, 0.717) is 6.61 Å². The highest BCUT2D eigenvalue weighted by atomic mass is 16.5. The van der Waals surface area contributed by atoms with Gasteiger partial charge in [-0.2, -0.15) is 0 Å². The molecule has 0 bridgehead atoms. The first-order valence-corrected chi connectivity index (χ1v) is 3.58. The van der Waals surface area contributed by atoms with Gasteiger partial charge in [0.2, 0.25) is 5.91 Å². The predicted molar refractivity (Wildman–Crippen MR) is 44.0 cm³/mol. The van der Waals surface area contributed by atoms with Crippen molar-refractivity contribution in [3.63, 3.8) is 0 Å². The minimum atomic E-state index is -0.495. The summed E-state index contributed by atoms with van der Waals surface area (Å²) in [6, 6.07) is 0. The van der Waals surface area contributed by atoms with Crippen molar-refractivity contribution in [2.45, 2.75) is 26.9 Å². The Morgan fingerprint density at radius 1 is 1.64 bits per heavy atom. The van der Waals surface area contributed by atoms with Crippen molar-refractivity contribution >= 4 is 5.91 Å². The summed E-state index contributed by atoms with van der Waals surface area (Å²) in [6.07, 6.45) is 1.41. The van der Waals surface area contributed by atoms with E-state index in [1.54, 1.807) is 6.92 Å². The average molecular weight is 157 g/mol. The first-order valence-electron chi connectivity index (χ1n) is 3.58. The maximum atomic E-state index is 10.5. The standard InChI is InChI=1S/C8H15NO2/c1-6(2)4-5-11-7(3)8(9)10/h4,7H,5H2,1-3H3,(H2,9,10)/t7-/m0/s1. The number of carbonyl (C=O) groups is 1. The molecule has 3 heteroatoms. The van der Waals surface area contributed by atoms with Crippen molar-refractivity contribution in [1.82, 2.24) is 0 Å². The van der Waals surface area contributed by atoms with E-state index in [2.05, 4.69) is 0 Å². The number of allylic oxidation sites excluding steroid dienone is 1. The van der Waals surface area contributed by atoms with Crippen LogP contribution in [0.15, 0.2) is 11.6 Å². The smallest absolute Gasteiger partial charge is 0.246 e. The molecule has 2 N–H and O–H groups in total. The molecule has 0 heterocycles. The largest absolute Gasteiger partial charge is 0.367 e. The lowest BCUT2D eigenvalue weighted by Gasteiger charge is -2.06. The molecule has 64 valence electrons. The van der Waals surface area contributed by atoms with E-state index in [1.807, 2.05) is 19.9 Å². The second-order valence-electron chi connectivity index (χ2n) is 2.66. The summed E-state index contributed by atoms with van der Waals surface area (Å²) in [4.78, 5) is 10.5. The van der Waals surface area contributed by atoms with E-state index >= 15 is 0 Å². The second kappa shape index (κ2) is 4.91. The van der Waals surface area contributed by atoms with Gasteiger partial charge in [0.05, 0.1) is 6.61 Å². The zero-order chi connectivity index (χ0) is 8.85. The molecule has 0 aliphatic heterocycles. The Labute approximate surface area is 67.2 Å². The Hall–Kier alpha value is -0.830. The van der Waals surface area contributed by atoms with Crippen LogP contribution in [0, 0.1) is 0 Å². The molecule has 0 aromatic heterocycles. The molecule has 0 spiro atoms. The van der Waals surface area contributed by atoms with Crippen molar-refractivity contribution < 1.29 is 9.53 Å². The van der Waals surface area contributed by atoms with Crippen molar-refractivity contribution in [2.75, 3.05) is 6.61 Å². The predicted octanol–water partition coefficient (Wildman–Crippen LogP) is 0.843. The summed E-state index contributed by atoms with van der Waals surface area (Å²) in [6.45, 7) is 6.03. The molecule has 0 aliphatic carbocycles. The van der Waals surface area contributed by atoms with Crippen molar-refractivity contribution in [3.05, 3.63) is 11.6 Å². The molecule has 0 radical (unpaired) electrons. The van der Waals surface area contributed by atoms with E-state index in [0.717, 1.165) is 0 Å². The number of nitrogens with two attached hydrogens (primary N) is 1. The molecule has 11 heavy (non-hydrogen) atoms. The maximum Gasteiger partial charge on any atom is 0.246 e. The fourth-order valence-corrected chi connectivity index (χ4v) is 0.441. The van der Waals surface area contributed by atoms with Crippen LogP contribution < -0.4 is 5.73 Å². The van der Waals surface area contributed by atoms with Gasteiger partial charge in [-0.15, -0.1) is 0 Å². The Balaban J connectivity index is 3.55. The van der Waals surface area contributed by atoms with Crippen LogP contribution in [0.5, 0.6) is 0 Å². The molecule has 1 amide bonds. The molecule has 0 rings (SSSR count). The van der Waals surface area contributed by atoms with Crippen LogP contribution in [-0.2, 0) is 9.53 Å². The number of amides is 1. The highest BCUT2D eigenvalue weighted by Crippen LogP contribution is 1.92. The number of rotatable bonds is 4. The van der Waals surface area contributed by atoms with Gasteiger partial charge in [-0.1, -0.05) is 11.6 Å². The van der Waals surface area contributed by atoms with Crippen molar-refractivity contribution in [3.8, 4) is 0 Å². The van der Waals surface area contributed by atoms with Gasteiger partial charge in [-0.25, -0.2) is 0 Å². The lowest BCUT2D eigenvalue weighted by molar-refractivity contribution is -0.127. The molecule has 0 aromatic rings. The first kappa shape index (κ1) is 10.2. The first-order chi connectivity index (χ1) is 5.04. The normalized spacial score (nSPS) is 12.3. The minimum absolute atomic E-state index is 0.424. The van der Waals surface area contributed by atoms with E-state index in [4.69, 9.17) is 10.5 Å². The molecule has 0 saturated carbocycles. The highest BCUT2D eigenvalue weighted by Gasteiger charge is 2.06. The highest BCUT2D eigenvalue weighted by molar-refractivity contribution is 5.78. The lowest BCUT2D eigenvalue weighted by atomic mass is 10.3. The van der Waals surface area contributed by atoms with Gasteiger partial charge in [-0.3, -0.25) is 4.79 Å². The molecule has 0 unspecified atom stereocenters. The average Bonchev–Trinajstić information content (AvgIpc) is 1.86. The third-order valence-electron chi connectivity index (χ3n) is 1.24. The summed E-state index contributed by atoms with van der Waals surface area (Å²) in [5.41, 5.74) is 6.14. The van der Waals surface area contributed by atoms with Gasteiger partial charge < -0.3 is 10.5 Å². The van der Waals surface area contributed by atoms with E-state index in [9.17, 15) is 4.79 Å². The Morgan fingerprint density at radius 3 is 2.55 bits per heavy atom. The van der Waals surface area contributed by atoms with Crippen molar-refractivity contribution in [2.24, 2.45) is 5.73 Å². The van der Waals surface area contributed by atoms with E-state index in [-0.39, 0.29) is 0 Å². The summed E-state index contributed by atoms with van der Waals surface area (Å²) in [5, 5.41) is 0. The molecule has 0 aliphatic rings. The van der Waals surface area contributed by atoms with Gasteiger partial charge in [0, 0.05) is 0 Å². The summed E-state index contributed by atoms with van der Waals surface area (Å²) in [7, 11) is 0. The summed E-state index contributed by atoms with van der Waals surface area (Å²) in [5.74, 6) is -0.424. The second-order valence-corrected chi connectivity index (χ2v) is 2.66. The molecule has 0 saturated heterocycles. The molecular formula is C8H15NO2. The van der Waals surface area contributed by atoms with Crippen LogP contribution in [0.3, 0.4) is 0 Å². The fourth-order valence-electron chi connectivity index (χ4n) is 0.441. The summed E-state index contributed by atoms with van der Waals surface area (Å²) < 4.78 is 5.06. The third kappa shape index (κ3) is 5.61. The van der Waals surface area contributed by atoms with Gasteiger partial charge >= 0.3 is 0 Å².